The average molecular weight is 340 g/mol. The molecule has 0 spiro atoms. The van der Waals surface area contributed by atoms with Crippen LogP contribution in [0.15, 0.2) is 24.3 Å². The summed E-state index contributed by atoms with van der Waals surface area (Å²) in [5.74, 6) is -1.65. The molecule has 1 amide bonds. The Bertz CT molecular complexity index is 702. The van der Waals surface area contributed by atoms with Crippen molar-refractivity contribution in [2.24, 2.45) is 0 Å². The average Bonchev–Trinajstić information content (AvgIpc) is 2.91. The van der Waals surface area contributed by atoms with Crippen molar-refractivity contribution in [1.82, 2.24) is 14.9 Å². The summed E-state index contributed by atoms with van der Waals surface area (Å²) in [5, 5.41) is 16.6. The molecule has 0 bridgehead atoms. The third kappa shape index (κ3) is 2.95. The van der Waals surface area contributed by atoms with Gasteiger partial charge in [-0.15, -0.1) is 5.10 Å². The lowest BCUT2D eigenvalue weighted by molar-refractivity contribution is -0.145. The first-order valence-corrected chi connectivity index (χ1v) is 7.66. The van der Waals surface area contributed by atoms with Gasteiger partial charge in [0.25, 0.3) is 5.91 Å². The van der Waals surface area contributed by atoms with Gasteiger partial charge in [-0.2, -0.15) is 0 Å². The Morgan fingerprint density at radius 1 is 1.36 bits per heavy atom. The zero-order valence-electron chi connectivity index (χ0n) is 12.0. The molecule has 1 aromatic heterocycles. The monoisotopic (exact) mass is 339 g/mol. The summed E-state index contributed by atoms with van der Waals surface area (Å²) < 4.78 is 3.69. The van der Waals surface area contributed by atoms with Gasteiger partial charge in [0.1, 0.15) is 4.88 Å². The van der Waals surface area contributed by atoms with E-state index in [2.05, 4.69) is 14.9 Å². The van der Waals surface area contributed by atoms with Crippen molar-refractivity contribution in [1.29, 1.82) is 0 Å². The normalized spacial score (nSPS) is 13.4. The molecule has 1 unspecified atom stereocenters. The molecule has 6 nitrogen and oxygen atoms in total. The fourth-order valence-electron chi connectivity index (χ4n) is 2.12. The number of aromatic nitrogens is 2. The Morgan fingerprint density at radius 2 is 2.00 bits per heavy atom. The van der Waals surface area contributed by atoms with Crippen molar-refractivity contribution in [3.63, 3.8) is 0 Å². The van der Waals surface area contributed by atoms with Crippen LogP contribution >= 0.6 is 23.1 Å². The van der Waals surface area contributed by atoms with Gasteiger partial charge in [-0.1, -0.05) is 35.1 Å². The standard InChI is InChI=1S/C14H14ClN3O3S/c1-3-14(13(20)21,9-4-6-10(15)7-5-9)16-12(19)11-8(2)17-18-22-11/h4-7H,3H2,1-2H3,(H,16,19)(H,20,21). The lowest BCUT2D eigenvalue weighted by Crippen LogP contribution is -2.51. The van der Waals surface area contributed by atoms with Gasteiger partial charge < -0.3 is 10.4 Å². The molecule has 2 rings (SSSR count). The van der Waals surface area contributed by atoms with E-state index in [1.54, 1.807) is 38.1 Å². The number of carboxylic acid groups (broad SMARTS) is 1. The third-order valence-corrected chi connectivity index (χ3v) is 4.50. The SMILES string of the molecule is CCC(NC(=O)c1snnc1C)(C(=O)O)c1ccc(Cl)cc1. The number of benzene rings is 1. The first-order chi connectivity index (χ1) is 10.4. The van der Waals surface area contributed by atoms with Gasteiger partial charge in [0.2, 0.25) is 0 Å². The van der Waals surface area contributed by atoms with Crippen LogP contribution in [0.5, 0.6) is 0 Å². The molecule has 0 aliphatic rings. The van der Waals surface area contributed by atoms with Crippen LogP contribution in [0, 0.1) is 6.92 Å². The van der Waals surface area contributed by atoms with Gasteiger partial charge in [-0.25, -0.2) is 4.79 Å². The Labute approximate surface area is 136 Å². The maximum absolute atomic E-state index is 12.4. The second-order valence-electron chi connectivity index (χ2n) is 4.71. The molecule has 0 aliphatic carbocycles. The van der Waals surface area contributed by atoms with Gasteiger partial charge in [0, 0.05) is 5.02 Å². The van der Waals surface area contributed by atoms with E-state index in [4.69, 9.17) is 11.6 Å². The molecule has 0 aliphatic heterocycles. The number of hydrogen-bond donors (Lipinski definition) is 2. The van der Waals surface area contributed by atoms with E-state index in [0.29, 0.717) is 21.2 Å². The fourth-order valence-corrected chi connectivity index (χ4v) is 2.80. The van der Waals surface area contributed by atoms with Gasteiger partial charge in [0.15, 0.2) is 5.54 Å². The molecular formula is C14H14ClN3O3S. The molecule has 1 heterocycles. The molecule has 1 aromatic carbocycles. The van der Waals surface area contributed by atoms with Crippen molar-refractivity contribution in [3.8, 4) is 0 Å². The maximum Gasteiger partial charge on any atom is 0.334 e. The van der Waals surface area contributed by atoms with Crippen LogP contribution in [0.2, 0.25) is 5.02 Å². The molecule has 1 atom stereocenters. The lowest BCUT2D eigenvalue weighted by atomic mass is 9.87. The minimum absolute atomic E-state index is 0.182. The highest BCUT2D eigenvalue weighted by Gasteiger charge is 2.41. The number of carboxylic acids is 1. The topological polar surface area (TPSA) is 92.2 Å². The number of nitrogens with zero attached hydrogens (tertiary/aromatic N) is 2. The second-order valence-corrected chi connectivity index (χ2v) is 5.90. The molecule has 0 radical (unpaired) electrons. The van der Waals surface area contributed by atoms with Crippen LogP contribution in [0.3, 0.4) is 0 Å². The summed E-state index contributed by atoms with van der Waals surface area (Å²) in [5.41, 5.74) is -0.609. The number of rotatable bonds is 5. The number of halogens is 1. The Hall–Kier alpha value is -1.99. The minimum atomic E-state index is -1.53. The zero-order chi connectivity index (χ0) is 16.3. The number of hydrogen-bond acceptors (Lipinski definition) is 5. The molecular weight excluding hydrogens is 326 g/mol. The predicted octanol–water partition coefficient (Wildman–Crippen LogP) is 2.62. The van der Waals surface area contributed by atoms with E-state index >= 15 is 0 Å². The number of carbonyl (C=O) groups excluding carboxylic acids is 1. The predicted molar refractivity (Wildman–Crippen MR) is 83.2 cm³/mol. The summed E-state index contributed by atoms with van der Waals surface area (Å²) in [6, 6.07) is 6.38. The van der Waals surface area contributed by atoms with Crippen LogP contribution < -0.4 is 5.32 Å². The van der Waals surface area contributed by atoms with Crippen LogP contribution in [0.1, 0.15) is 34.3 Å². The van der Waals surface area contributed by atoms with E-state index in [1.165, 1.54) is 0 Å². The Kier molecular flexibility index (Phi) is 4.77. The van der Waals surface area contributed by atoms with Gasteiger partial charge in [-0.05, 0) is 42.6 Å². The molecule has 22 heavy (non-hydrogen) atoms. The quantitative estimate of drug-likeness (QED) is 0.873. The summed E-state index contributed by atoms with van der Waals surface area (Å²) >= 11 is 6.77. The Balaban J connectivity index is 2.42. The molecule has 8 heteroatoms. The van der Waals surface area contributed by atoms with E-state index in [-0.39, 0.29) is 6.42 Å². The van der Waals surface area contributed by atoms with E-state index in [0.717, 1.165) is 11.5 Å². The maximum atomic E-state index is 12.4. The zero-order valence-corrected chi connectivity index (χ0v) is 13.5. The molecule has 116 valence electrons. The van der Waals surface area contributed by atoms with Gasteiger partial charge in [0.05, 0.1) is 5.69 Å². The smallest absolute Gasteiger partial charge is 0.334 e. The van der Waals surface area contributed by atoms with Crippen molar-refractivity contribution >= 4 is 35.0 Å². The van der Waals surface area contributed by atoms with Gasteiger partial charge >= 0.3 is 5.97 Å². The van der Waals surface area contributed by atoms with Crippen molar-refractivity contribution in [3.05, 3.63) is 45.4 Å². The summed E-state index contributed by atoms with van der Waals surface area (Å²) in [4.78, 5) is 24.5. The number of aryl methyl sites for hydroxylation is 1. The van der Waals surface area contributed by atoms with Crippen LogP contribution in [-0.4, -0.2) is 26.6 Å². The highest BCUT2D eigenvalue weighted by molar-refractivity contribution is 7.08. The fraction of sp³-hybridized carbons (Fsp3) is 0.286. The third-order valence-electron chi connectivity index (χ3n) is 3.42. The number of carbonyl (C=O) groups is 2. The summed E-state index contributed by atoms with van der Waals surface area (Å²) in [7, 11) is 0. The molecule has 0 fully saturated rings. The number of aliphatic carboxylic acids is 1. The molecule has 2 N–H and O–H groups in total. The largest absolute Gasteiger partial charge is 0.479 e. The first kappa shape index (κ1) is 16.4. The number of amides is 1. The van der Waals surface area contributed by atoms with Crippen molar-refractivity contribution < 1.29 is 14.7 Å². The van der Waals surface area contributed by atoms with Crippen LogP contribution in [0.25, 0.3) is 0 Å². The van der Waals surface area contributed by atoms with Gasteiger partial charge in [-0.3, -0.25) is 4.79 Å². The van der Waals surface area contributed by atoms with E-state index in [1.807, 2.05) is 0 Å². The molecule has 2 aromatic rings. The van der Waals surface area contributed by atoms with E-state index < -0.39 is 17.4 Å². The summed E-state index contributed by atoms with van der Waals surface area (Å²) in [6.07, 6.45) is 0.182. The summed E-state index contributed by atoms with van der Waals surface area (Å²) in [6.45, 7) is 3.34. The number of nitrogens with one attached hydrogen (secondary N) is 1. The van der Waals surface area contributed by atoms with E-state index in [9.17, 15) is 14.7 Å². The Morgan fingerprint density at radius 3 is 2.45 bits per heavy atom. The van der Waals surface area contributed by atoms with Crippen molar-refractivity contribution in [2.45, 2.75) is 25.8 Å². The molecule has 0 saturated carbocycles. The second kappa shape index (κ2) is 6.41. The van der Waals surface area contributed by atoms with Crippen LogP contribution in [-0.2, 0) is 10.3 Å². The lowest BCUT2D eigenvalue weighted by Gasteiger charge is -2.29. The molecule has 0 saturated heterocycles. The minimum Gasteiger partial charge on any atom is -0.479 e. The van der Waals surface area contributed by atoms with Crippen LogP contribution in [0.4, 0.5) is 0 Å². The van der Waals surface area contributed by atoms with Crippen molar-refractivity contribution in [2.75, 3.05) is 0 Å². The highest BCUT2D eigenvalue weighted by Crippen LogP contribution is 2.28. The first-order valence-electron chi connectivity index (χ1n) is 6.51. The highest BCUT2D eigenvalue weighted by atomic mass is 35.5.